The van der Waals surface area contributed by atoms with Crippen molar-refractivity contribution in [2.75, 3.05) is 44.5 Å². The molecule has 0 aliphatic heterocycles. The lowest BCUT2D eigenvalue weighted by atomic mass is 9.99. The van der Waals surface area contributed by atoms with Crippen LogP contribution in [0.25, 0.3) is 0 Å². The van der Waals surface area contributed by atoms with Gasteiger partial charge in [-0.1, -0.05) is 36.4 Å². The Kier molecular flexibility index (Phi) is 10.3. The molecule has 0 saturated carbocycles. The first-order valence-corrected chi connectivity index (χ1v) is 14.6. The normalized spacial score (nSPS) is 12.3. The van der Waals surface area contributed by atoms with Crippen molar-refractivity contribution in [1.29, 1.82) is 0 Å². The van der Waals surface area contributed by atoms with Crippen molar-refractivity contribution in [2.24, 2.45) is 0 Å². The van der Waals surface area contributed by atoms with Crippen molar-refractivity contribution in [3.05, 3.63) is 106 Å². The van der Waals surface area contributed by atoms with Gasteiger partial charge in [0.1, 0.15) is 5.01 Å². The van der Waals surface area contributed by atoms with Crippen LogP contribution in [0.15, 0.2) is 78.4 Å². The SMILES string of the molecule is Cc1csc(CN(C)C(=O)c2cccc(C(=O)N[C@@H](Cc3ccccc3)[C@H](O)CN(C)c3cncc(N(C)C)c3)c2)n1. The minimum absolute atomic E-state index is 0.200. The van der Waals surface area contributed by atoms with Crippen molar-refractivity contribution < 1.29 is 14.7 Å². The van der Waals surface area contributed by atoms with Crippen molar-refractivity contribution in [1.82, 2.24) is 20.2 Å². The first kappa shape index (κ1) is 30.7. The van der Waals surface area contributed by atoms with E-state index in [1.165, 1.54) is 11.3 Å². The molecule has 0 aliphatic carbocycles. The fraction of sp³-hybridized carbons (Fsp3) is 0.312. The van der Waals surface area contributed by atoms with Crippen molar-refractivity contribution >= 4 is 34.5 Å². The van der Waals surface area contributed by atoms with Crippen LogP contribution in [0.4, 0.5) is 11.4 Å². The highest BCUT2D eigenvalue weighted by Gasteiger charge is 2.25. The Hall–Kier alpha value is -4.28. The average Bonchev–Trinajstić information content (AvgIpc) is 3.40. The number of pyridine rings is 1. The average molecular weight is 587 g/mol. The molecule has 0 radical (unpaired) electrons. The second-order valence-corrected chi connectivity index (χ2v) is 11.6. The van der Waals surface area contributed by atoms with Crippen LogP contribution in [0.1, 0.15) is 37.0 Å². The van der Waals surface area contributed by atoms with E-state index in [9.17, 15) is 14.7 Å². The molecule has 220 valence electrons. The van der Waals surface area contributed by atoms with E-state index < -0.39 is 12.1 Å². The van der Waals surface area contributed by atoms with Gasteiger partial charge in [0.2, 0.25) is 0 Å². The molecule has 0 aliphatic rings. The second kappa shape index (κ2) is 14.1. The lowest BCUT2D eigenvalue weighted by Crippen LogP contribution is -2.49. The summed E-state index contributed by atoms with van der Waals surface area (Å²) in [6.07, 6.45) is 3.08. The molecule has 0 saturated heterocycles. The maximum absolute atomic E-state index is 13.5. The number of benzene rings is 2. The number of carbonyl (C=O) groups is 2. The van der Waals surface area contributed by atoms with E-state index in [0.29, 0.717) is 24.1 Å². The first-order chi connectivity index (χ1) is 20.1. The summed E-state index contributed by atoms with van der Waals surface area (Å²) in [4.78, 5) is 40.9. The Morgan fingerprint density at radius 1 is 0.952 bits per heavy atom. The molecule has 10 heteroatoms. The number of rotatable bonds is 12. The summed E-state index contributed by atoms with van der Waals surface area (Å²) in [5, 5.41) is 17.2. The third-order valence-electron chi connectivity index (χ3n) is 6.96. The van der Waals surface area contributed by atoms with Gasteiger partial charge in [-0.05, 0) is 43.2 Å². The number of nitrogens with one attached hydrogen (secondary N) is 1. The maximum Gasteiger partial charge on any atom is 0.253 e. The second-order valence-electron chi connectivity index (χ2n) is 10.6. The quantitative estimate of drug-likeness (QED) is 0.259. The number of anilines is 2. The van der Waals surface area contributed by atoms with Crippen LogP contribution in [0.3, 0.4) is 0 Å². The molecule has 9 nitrogen and oxygen atoms in total. The zero-order valence-corrected chi connectivity index (χ0v) is 25.5. The van der Waals surface area contributed by atoms with E-state index in [2.05, 4.69) is 15.3 Å². The zero-order chi connectivity index (χ0) is 30.2. The third-order valence-corrected chi connectivity index (χ3v) is 7.92. The highest BCUT2D eigenvalue weighted by atomic mass is 32.1. The number of aliphatic hydroxyl groups is 1. The van der Waals surface area contributed by atoms with Crippen LogP contribution >= 0.6 is 11.3 Å². The summed E-state index contributed by atoms with van der Waals surface area (Å²) >= 11 is 1.51. The number of aliphatic hydroxyl groups excluding tert-OH is 1. The summed E-state index contributed by atoms with van der Waals surface area (Å²) in [6.45, 7) is 2.58. The maximum atomic E-state index is 13.5. The molecule has 0 fully saturated rings. The fourth-order valence-corrected chi connectivity index (χ4v) is 5.37. The number of thiazole rings is 1. The molecule has 2 aromatic carbocycles. The van der Waals surface area contributed by atoms with Crippen molar-refractivity contribution in [2.45, 2.75) is 32.0 Å². The van der Waals surface area contributed by atoms with Crippen LogP contribution < -0.4 is 15.1 Å². The summed E-state index contributed by atoms with van der Waals surface area (Å²) in [7, 11) is 7.50. The predicted octanol–water partition coefficient (Wildman–Crippen LogP) is 4.02. The van der Waals surface area contributed by atoms with E-state index in [1.54, 1.807) is 48.6 Å². The lowest BCUT2D eigenvalue weighted by Gasteiger charge is -2.29. The number of amides is 2. The third kappa shape index (κ3) is 8.14. The molecule has 0 spiro atoms. The lowest BCUT2D eigenvalue weighted by molar-refractivity contribution is 0.0785. The van der Waals surface area contributed by atoms with Gasteiger partial charge in [0, 0.05) is 56.9 Å². The molecule has 2 N–H and O–H groups in total. The monoisotopic (exact) mass is 586 g/mol. The topological polar surface area (TPSA) is 102 Å². The van der Waals surface area contributed by atoms with E-state index in [-0.39, 0.29) is 18.4 Å². The molecule has 2 heterocycles. The van der Waals surface area contributed by atoms with Crippen molar-refractivity contribution in [3.63, 3.8) is 0 Å². The van der Waals surface area contributed by atoms with Crippen LogP contribution in [-0.2, 0) is 13.0 Å². The highest BCUT2D eigenvalue weighted by molar-refractivity contribution is 7.09. The molecule has 42 heavy (non-hydrogen) atoms. The molecular weight excluding hydrogens is 548 g/mol. The number of hydrogen-bond donors (Lipinski definition) is 2. The van der Waals surface area contributed by atoms with E-state index in [0.717, 1.165) is 27.6 Å². The predicted molar refractivity (Wildman–Crippen MR) is 168 cm³/mol. The number of nitrogens with zero attached hydrogens (tertiary/aromatic N) is 5. The number of carbonyl (C=O) groups excluding carboxylic acids is 2. The minimum atomic E-state index is -0.889. The van der Waals surface area contributed by atoms with Crippen LogP contribution in [0, 0.1) is 6.92 Å². The molecule has 2 amide bonds. The van der Waals surface area contributed by atoms with Crippen molar-refractivity contribution in [3.8, 4) is 0 Å². The van der Waals surface area contributed by atoms with Gasteiger partial charge in [0.25, 0.3) is 11.8 Å². The Labute approximate surface area is 251 Å². The Morgan fingerprint density at radius 3 is 2.36 bits per heavy atom. The van der Waals surface area contributed by atoms with Crippen LogP contribution in [-0.4, -0.2) is 78.7 Å². The minimum Gasteiger partial charge on any atom is -0.389 e. The van der Waals surface area contributed by atoms with Gasteiger partial charge >= 0.3 is 0 Å². The number of likely N-dealkylation sites (N-methyl/N-ethyl adjacent to an activating group) is 1. The van der Waals surface area contributed by atoms with Gasteiger partial charge in [-0.3, -0.25) is 14.6 Å². The summed E-state index contributed by atoms with van der Waals surface area (Å²) in [6, 6.07) is 17.8. The molecule has 2 aromatic heterocycles. The van der Waals surface area contributed by atoms with Gasteiger partial charge < -0.3 is 25.1 Å². The van der Waals surface area contributed by atoms with Crippen LogP contribution in [0.5, 0.6) is 0 Å². The molecule has 0 bridgehead atoms. The Balaban J connectivity index is 1.49. The van der Waals surface area contributed by atoms with Gasteiger partial charge in [-0.15, -0.1) is 11.3 Å². The number of aryl methyl sites for hydroxylation is 1. The number of aromatic nitrogens is 2. The van der Waals surface area contributed by atoms with E-state index >= 15 is 0 Å². The molecule has 4 aromatic rings. The standard InChI is InChI=1S/C32H38N6O3S/c1-22-21-42-30(34-22)20-38(5)32(41)25-13-9-12-24(15-25)31(40)35-28(14-23-10-7-6-8-11-23)29(39)19-37(4)27-16-26(36(2)3)17-33-18-27/h6-13,15-18,21,28-29,39H,14,19-20H2,1-5H3,(H,35,40)/t28-,29+/m0/s1. The molecule has 0 unspecified atom stereocenters. The fourth-order valence-electron chi connectivity index (χ4n) is 4.55. The van der Waals surface area contributed by atoms with E-state index in [4.69, 9.17) is 0 Å². The van der Waals surface area contributed by atoms with Gasteiger partial charge in [-0.2, -0.15) is 0 Å². The van der Waals surface area contributed by atoms with E-state index in [1.807, 2.05) is 79.6 Å². The van der Waals surface area contributed by atoms with Gasteiger partial charge in [0.15, 0.2) is 0 Å². The molecular formula is C32H38N6O3S. The summed E-state index contributed by atoms with van der Waals surface area (Å²) < 4.78 is 0. The Morgan fingerprint density at radius 2 is 1.67 bits per heavy atom. The summed E-state index contributed by atoms with van der Waals surface area (Å²) in [5.74, 6) is -0.560. The van der Waals surface area contributed by atoms with Gasteiger partial charge in [0.05, 0.1) is 42.5 Å². The summed E-state index contributed by atoms with van der Waals surface area (Å²) in [5.41, 5.74) is 4.47. The smallest absolute Gasteiger partial charge is 0.253 e. The Bertz CT molecular complexity index is 1490. The largest absolute Gasteiger partial charge is 0.389 e. The number of hydrogen-bond acceptors (Lipinski definition) is 8. The van der Waals surface area contributed by atoms with Gasteiger partial charge in [-0.25, -0.2) is 4.98 Å². The zero-order valence-electron chi connectivity index (χ0n) is 24.7. The molecule has 4 rings (SSSR count). The molecule has 2 atom stereocenters. The van der Waals surface area contributed by atoms with Crippen LogP contribution in [0.2, 0.25) is 0 Å². The first-order valence-electron chi connectivity index (χ1n) is 13.7. The highest BCUT2D eigenvalue weighted by Crippen LogP contribution is 2.20.